The largest absolute Gasteiger partial charge is 0.298 e. The van der Waals surface area contributed by atoms with Gasteiger partial charge in [0.1, 0.15) is 0 Å². The molecule has 0 saturated carbocycles. The molecule has 0 spiro atoms. The summed E-state index contributed by atoms with van der Waals surface area (Å²) in [7, 11) is 0. The first kappa shape index (κ1) is 56.4. The van der Waals surface area contributed by atoms with E-state index in [9.17, 15) is 14.4 Å². The second kappa shape index (κ2) is 29.4. The second-order valence-electron chi connectivity index (χ2n) is 12.8. The summed E-state index contributed by atoms with van der Waals surface area (Å²) in [5, 5.41) is 2.69. The van der Waals surface area contributed by atoms with Gasteiger partial charge in [-0.25, -0.2) is 0 Å². The van der Waals surface area contributed by atoms with Crippen molar-refractivity contribution in [3.8, 4) is 0 Å². The van der Waals surface area contributed by atoms with Gasteiger partial charge in [0.25, 0.3) is 0 Å². The predicted octanol–water partition coefficient (Wildman–Crippen LogP) is 16.5. The van der Waals surface area contributed by atoms with Crippen LogP contribution in [0.25, 0.3) is 0 Å². The van der Waals surface area contributed by atoms with E-state index in [4.69, 9.17) is 69.6 Å². The summed E-state index contributed by atoms with van der Waals surface area (Å²) < 4.78 is 0. The Hall–Kier alpha value is -1.89. The summed E-state index contributed by atoms with van der Waals surface area (Å²) in [6.07, 6.45) is 6.00. The summed E-state index contributed by atoms with van der Waals surface area (Å²) in [5.74, 6) is 0.222. The monoisotopic (exact) mass is 863 g/mol. The topological polar surface area (TPSA) is 54.5 Å². The van der Waals surface area contributed by atoms with Crippen LogP contribution in [0.3, 0.4) is 0 Å². The molecular weight excluding hydrogens is 803 g/mol. The quantitative estimate of drug-likeness (QED) is 0.106. The minimum absolute atomic E-state index is 0. The lowest BCUT2D eigenvalue weighted by molar-refractivity contribution is 0.0816. The van der Waals surface area contributed by atoms with Crippen LogP contribution in [0.1, 0.15) is 147 Å². The smallest absolute Gasteiger partial charge is 0.188 e. The molecule has 0 aliphatic heterocycles. The molecule has 54 heavy (non-hydrogen) atoms. The maximum Gasteiger partial charge on any atom is 0.188 e. The van der Waals surface area contributed by atoms with Crippen LogP contribution in [-0.2, 0) is 0 Å². The molecule has 0 aromatic heterocycles. The van der Waals surface area contributed by atoms with Crippen molar-refractivity contribution in [3.05, 3.63) is 114 Å². The molecule has 0 radical (unpaired) electrons. The lowest BCUT2D eigenvalue weighted by atomic mass is 9.92. The van der Waals surface area contributed by atoms with Crippen LogP contribution in [0.2, 0.25) is 30.1 Å². The summed E-state index contributed by atoms with van der Waals surface area (Å²) >= 11 is 35.1. The molecule has 0 N–H and O–H groups in total. The maximum absolute atomic E-state index is 12.9. The number of halogens is 6. The van der Waals surface area contributed by atoms with Gasteiger partial charge in [-0.3, -0.25) is 19.3 Å². The summed E-state index contributed by atoms with van der Waals surface area (Å²) in [6.45, 7) is 19.4. The van der Waals surface area contributed by atoms with Gasteiger partial charge < -0.3 is 0 Å². The number of allylic oxidation sites excluding steroid dienone is 1. The standard InChI is InChI=1S/C18H27Cl2NO.C12H12Cl2O.C11H12Cl2O.3CH4/c1-6-7-15(11-21(12(2)3)13(4)5)18(22)14-8-9-16(19)17(20)10-14;1-3-4-8(2)12(15)9-5-6-10(13)11(14)7-9;1-2-3-4-11(14)8-5-6-9(12)10(13)7-8;;;/h8-10,12-13,15H,6-7,11H2,1-5H3;5-7H,2-4H2,1H3;5-7H,2-4H2,1H3;3*1H4. The van der Waals surface area contributed by atoms with Crippen molar-refractivity contribution in [3.63, 3.8) is 0 Å². The highest BCUT2D eigenvalue weighted by Gasteiger charge is 2.25. The number of carbonyl (C=O) groups is 3. The fourth-order valence-electron chi connectivity index (χ4n) is 5.22. The Morgan fingerprint density at radius 2 is 1.02 bits per heavy atom. The maximum atomic E-state index is 12.9. The minimum Gasteiger partial charge on any atom is -0.298 e. The van der Waals surface area contributed by atoms with Crippen molar-refractivity contribution in [1.82, 2.24) is 4.90 Å². The molecular formula is C44H63Cl6NO3. The van der Waals surface area contributed by atoms with Gasteiger partial charge in [0, 0.05) is 47.7 Å². The van der Waals surface area contributed by atoms with Gasteiger partial charge in [0.2, 0.25) is 0 Å². The zero-order valence-electron chi connectivity index (χ0n) is 30.7. The Bertz CT molecular complexity index is 1600. The molecule has 3 aromatic rings. The molecule has 0 heterocycles. The van der Waals surface area contributed by atoms with E-state index in [1.165, 1.54) is 0 Å². The van der Waals surface area contributed by atoms with Gasteiger partial charge in [-0.1, -0.05) is 138 Å². The summed E-state index contributed by atoms with van der Waals surface area (Å²) in [6, 6.07) is 15.8. The van der Waals surface area contributed by atoms with Crippen molar-refractivity contribution in [2.75, 3.05) is 6.54 Å². The zero-order chi connectivity index (χ0) is 38.8. The van der Waals surface area contributed by atoms with Gasteiger partial charge in [0.15, 0.2) is 17.3 Å². The molecule has 0 saturated heterocycles. The molecule has 0 aliphatic rings. The number of carbonyl (C=O) groups excluding carboxylic acids is 3. The van der Waals surface area contributed by atoms with Crippen molar-refractivity contribution >= 4 is 87.0 Å². The van der Waals surface area contributed by atoms with Crippen molar-refractivity contribution in [2.24, 2.45) is 5.92 Å². The number of benzene rings is 3. The van der Waals surface area contributed by atoms with Crippen LogP contribution < -0.4 is 0 Å². The fraction of sp³-hybridized carbons (Fsp3) is 0.477. The third-order valence-electron chi connectivity index (χ3n) is 8.02. The third-order valence-corrected chi connectivity index (χ3v) is 10.2. The third kappa shape index (κ3) is 19.3. The molecule has 3 aromatic carbocycles. The zero-order valence-corrected chi connectivity index (χ0v) is 35.3. The van der Waals surface area contributed by atoms with Gasteiger partial charge in [-0.2, -0.15) is 0 Å². The number of hydrogen-bond acceptors (Lipinski definition) is 4. The van der Waals surface area contributed by atoms with E-state index in [0.717, 1.165) is 38.6 Å². The Kier molecular flexibility index (Phi) is 30.7. The van der Waals surface area contributed by atoms with Gasteiger partial charge in [-0.15, -0.1) is 0 Å². The van der Waals surface area contributed by atoms with Crippen molar-refractivity contribution in [2.45, 2.75) is 128 Å². The average Bonchev–Trinajstić information content (AvgIpc) is 3.08. The molecule has 4 nitrogen and oxygen atoms in total. The number of unbranched alkanes of at least 4 members (excludes halogenated alkanes) is 1. The molecule has 0 amide bonds. The normalized spacial score (nSPS) is 10.8. The summed E-state index contributed by atoms with van der Waals surface area (Å²) in [4.78, 5) is 38.6. The van der Waals surface area contributed by atoms with Crippen LogP contribution >= 0.6 is 69.6 Å². The van der Waals surface area contributed by atoms with Crippen LogP contribution in [0.4, 0.5) is 0 Å². The number of nitrogens with zero attached hydrogens (tertiary/aromatic N) is 1. The second-order valence-corrected chi connectivity index (χ2v) is 15.3. The number of rotatable bonds is 16. The SMILES string of the molecule is C.C.C.C=C(CCC)C(=O)c1ccc(Cl)c(Cl)c1.CCCC(CN(C(C)C)C(C)C)C(=O)c1ccc(Cl)c(Cl)c1.CCCCC(=O)c1ccc(Cl)c(Cl)c1. The van der Waals surface area contributed by atoms with Gasteiger partial charge in [-0.05, 0) is 107 Å². The Balaban J connectivity index is -0.000000725. The Labute approximate surface area is 357 Å². The molecule has 10 heteroatoms. The van der Waals surface area contributed by atoms with E-state index in [0.29, 0.717) is 77.3 Å². The van der Waals surface area contributed by atoms with E-state index in [1.807, 2.05) is 6.92 Å². The van der Waals surface area contributed by atoms with E-state index in [2.05, 4.69) is 53.0 Å². The van der Waals surface area contributed by atoms with Crippen molar-refractivity contribution in [1.29, 1.82) is 0 Å². The van der Waals surface area contributed by atoms with Crippen LogP contribution in [-0.4, -0.2) is 40.9 Å². The van der Waals surface area contributed by atoms with Gasteiger partial charge >= 0.3 is 0 Å². The predicted molar refractivity (Wildman–Crippen MR) is 242 cm³/mol. The number of Topliss-reactive ketones (excluding diaryl/α,β-unsaturated/α-hetero) is 3. The minimum atomic E-state index is -0.0598. The van der Waals surface area contributed by atoms with Crippen LogP contribution in [0.5, 0.6) is 0 Å². The number of hydrogen-bond donors (Lipinski definition) is 0. The molecule has 3 rings (SSSR count). The molecule has 0 aliphatic carbocycles. The molecule has 0 bridgehead atoms. The molecule has 0 fully saturated rings. The van der Waals surface area contributed by atoms with E-state index in [1.54, 1.807) is 54.6 Å². The fourth-order valence-corrected chi connectivity index (χ4v) is 6.11. The molecule has 1 unspecified atom stereocenters. The Morgan fingerprint density at radius 3 is 1.43 bits per heavy atom. The average molecular weight is 867 g/mol. The lowest BCUT2D eigenvalue weighted by Gasteiger charge is -2.33. The number of ketones is 3. The highest BCUT2D eigenvalue weighted by atomic mass is 35.5. The summed E-state index contributed by atoms with van der Waals surface area (Å²) in [5.41, 5.74) is 2.45. The van der Waals surface area contributed by atoms with E-state index in [-0.39, 0.29) is 45.5 Å². The first-order valence-electron chi connectivity index (χ1n) is 17.4. The van der Waals surface area contributed by atoms with Gasteiger partial charge in [0.05, 0.1) is 30.1 Å². The molecule has 1 atom stereocenters. The van der Waals surface area contributed by atoms with Crippen molar-refractivity contribution < 1.29 is 14.4 Å². The highest BCUT2D eigenvalue weighted by molar-refractivity contribution is 6.43. The molecule has 304 valence electrons. The van der Waals surface area contributed by atoms with Crippen LogP contribution in [0.15, 0.2) is 66.7 Å². The van der Waals surface area contributed by atoms with E-state index < -0.39 is 0 Å². The lowest BCUT2D eigenvalue weighted by Crippen LogP contribution is -2.42. The Morgan fingerprint density at radius 1 is 0.593 bits per heavy atom. The first-order valence-corrected chi connectivity index (χ1v) is 19.7. The first-order chi connectivity index (χ1) is 24.0. The highest BCUT2D eigenvalue weighted by Crippen LogP contribution is 2.27. The van der Waals surface area contributed by atoms with E-state index >= 15 is 0 Å². The van der Waals surface area contributed by atoms with Crippen LogP contribution in [0, 0.1) is 5.92 Å².